The molecule has 0 spiro atoms. The number of carbonyl (C=O) groups is 1. The summed E-state index contributed by atoms with van der Waals surface area (Å²) in [6.07, 6.45) is 2.20. The van der Waals surface area contributed by atoms with Crippen LogP contribution in [0.2, 0.25) is 0 Å². The Bertz CT molecular complexity index is 1010. The van der Waals surface area contributed by atoms with E-state index in [1.807, 2.05) is 18.2 Å². The Kier molecular flexibility index (Phi) is 4.84. The first-order chi connectivity index (χ1) is 14.0. The molecular formula is C27H32O3. The highest BCUT2D eigenvalue weighted by Crippen LogP contribution is 2.49. The molecule has 1 atom stereocenters. The molecule has 158 valence electrons. The molecule has 0 fully saturated rings. The van der Waals surface area contributed by atoms with Crippen molar-refractivity contribution in [3.8, 4) is 11.5 Å². The lowest BCUT2D eigenvalue weighted by Crippen LogP contribution is -2.26. The molecule has 0 radical (unpaired) electrons. The van der Waals surface area contributed by atoms with Gasteiger partial charge in [-0.05, 0) is 40.0 Å². The van der Waals surface area contributed by atoms with Gasteiger partial charge in [0.2, 0.25) is 0 Å². The van der Waals surface area contributed by atoms with E-state index >= 15 is 0 Å². The third-order valence-electron chi connectivity index (χ3n) is 6.24. The van der Waals surface area contributed by atoms with Crippen LogP contribution in [0.25, 0.3) is 0 Å². The van der Waals surface area contributed by atoms with Gasteiger partial charge in [-0.25, -0.2) is 0 Å². The van der Waals surface area contributed by atoms with E-state index in [0.29, 0.717) is 12.2 Å². The van der Waals surface area contributed by atoms with Crippen molar-refractivity contribution in [3.63, 3.8) is 0 Å². The van der Waals surface area contributed by atoms with E-state index in [1.165, 1.54) is 0 Å². The number of ketones is 1. The highest BCUT2D eigenvalue weighted by molar-refractivity contribution is 5.99. The first-order valence-corrected chi connectivity index (χ1v) is 10.9. The van der Waals surface area contributed by atoms with Gasteiger partial charge in [-0.15, -0.1) is 0 Å². The number of para-hydroxylation sites is 1. The number of rotatable bonds is 1. The Morgan fingerprint density at radius 2 is 1.53 bits per heavy atom. The van der Waals surface area contributed by atoms with Gasteiger partial charge in [0, 0.05) is 29.9 Å². The second-order valence-corrected chi connectivity index (χ2v) is 10.7. The van der Waals surface area contributed by atoms with Crippen molar-refractivity contribution < 1.29 is 14.6 Å². The first kappa shape index (κ1) is 20.7. The minimum Gasteiger partial charge on any atom is -0.507 e. The van der Waals surface area contributed by atoms with Crippen LogP contribution in [0, 0.1) is 0 Å². The minimum atomic E-state index is -0.224. The summed E-state index contributed by atoms with van der Waals surface area (Å²) in [5.74, 6) is 2.03. The molecule has 0 amide bonds. The summed E-state index contributed by atoms with van der Waals surface area (Å²) in [7, 11) is 0. The van der Waals surface area contributed by atoms with Gasteiger partial charge in [0.1, 0.15) is 17.3 Å². The maximum atomic E-state index is 13.1. The van der Waals surface area contributed by atoms with Crippen LogP contribution in [0.1, 0.15) is 89.0 Å². The molecule has 1 N–H and O–H groups in total. The van der Waals surface area contributed by atoms with Crippen LogP contribution in [0.5, 0.6) is 11.5 Å². The Morgan fingerprint density at radius 1 is 0.933 bits per heavy atom. The predicted molar refractivity (Wildman–Crippen MR) is 120 cm³/mol. The zero-order chi connectivity index (χ0) is 21.8. The number of Topliss-reactive ketones (excluding diaryl/α,β-unsaturated/α-hetero) is 1. The van der Waals surface area contributed by atoms with Gasteiger partial charge in [-0.3, -0.25) is 4.79 Å². The van der Waals surface area contributed by atoms with Crippen molar-refractivity contribution in [1.82, 2.24) is 0 Å². The number of allylic oxidation sites excluding steroid dienone is 2. The smallest absolute Gasteiger partial charge is 0.163 e. The summed E-state index contributed by atoms with van der Waals surface area (Å²) in [4.78, 5) is 13.1. The number of ether oxygens (including phenoxy) is 1. The summed E-state index contributed by atoms with van der Waals surface area (Å²) in [5.41, 5.74) is 4.26. The van der Waals surface area contributed by atoms with Gasteiger partial charge in [-0.1, -0.05) is 71.9 Å². The molecule has 2 aliphatic rings. The second kappa shape index (κ2) is 7.01. The number of aromatic hydroxyl groups is 1. The fourth-order valence-corrected chi connectivity index (χ4v) is 4.68. The lowest BCUT2D eigenvalue weighted by atomic mass is 9.72. The molecule has 1 heterocycles. The van der Waals surface area contributed by atoms with Gasteiger partial charge in [0.05, 0.1) is 0 Å². The topological polar surface area (TPSA) is 46.5 Å². The largest absolute Gasteiger partial charge is 0.507 e. The van der Waals surface area contributed by atoms with E-state index < -0.39 is 0 Å². The van der Waals surface area contributed by atoms with E-state index in [2.05, 4.69) is 59.7 Å². The summed E-state index contributed by atoms with van der Waals surface area (Å²) < 4.78 is 6.19. The standard InChI is InChI=1S/C27H32O3/c1-26(2,3)18-14-16(15-19(25(18)29)27(4,5)6)23-17-10-7-8-12-21(17)30-22-13-9-11-20(28)24(22)23/h7-8,10,12,14-15,23,29H,9,11,13H2,1-6H3. The lowest BCUT2D eigenvalue weighted by Gasteiger charge is -2.35. The number of fused-ring (bicyclic) bond motifs is 1. The van der Waals surface area contributed by atoms with Crippen LogP contribution < -0.4 is 4.74 Å². The maximum absolute atomic E-state index is 13.1. The van der Waals surface area contributed by atoms with E-state index in [-0.39, 0.29) is 22.5 Å². The molecule has 1 unspecified atom stereocenters. The van der Waals surface area contributed by atoms with Crippen molar-refractivity contribution >= 4 is 5.78 Å². The Labute approximate surface area is 179 Å². The molecule has 0 saturated heterocycles. The Balaban J connectivity index is 2.03. The summed E-state index contributed by atoms with van der Waals surface area (Å²) in [6.45, 7) is 12.7. The fourth-order valence-electron chi connectivity index (χ4n) is 4.68. The molecule has 2 aromatic rings. The van der Waals surface area contributed by atoms with Crippen LogP contribution in [-0.2, 0) is 15.6 Å². The van der Waals surface area contributed by atoms with Crippen LogP contribution >= 0.6 is 0 Å². The normalized spacial score (nSPS) is 19.3. The van der Waals surface area contributed by atoms with Gasteiger partial charge < -0.3 is 9.84 Å². The van der Waals surface area contributed by atoms with Crippen molar-refractivity contribution in [3.05, 3.63) is 70.0 Å². The molecule has 0 saturated carbocycles. The molecule has 4 rings (SSSR count). The highest BCUT2D eigenvalue weighted by Gasteiger charge is 2.38. The molecule has 1 aliphatic heterocycles. The number of hydrogen-bond donors (Lipinski definition) is 1. The maximum Gasteiger partial charge on any atom is 0.163 e. The molecular weight excluding hydrogens is 372 g/mol. The molecule has 2 aromatic carbocycles. The molecule has 3 nitrogen and oxygen atoms in total. The second-order valence-electron chi connectivity index (χ2n) is 10.7. The summed E-state index contributed by atoms with van der Waals surface area (Å²) in [5, 5.41) is 11.2. The molecule has 1 aliphatic carbocycles. The number of phenolic OH excluding ortho intramolecular Hbond substituents is 1. The number of phenols is 1. The van der Waals surface area contributed by atoms with Gasteiger partial charge in [0.25, 0.3) is 0 Å². The van der Waals surface area contributed by atoms with E-state index in [4.69, 9.17) is 4.74 Å². The number of benzene rings is 2. The highest BCUT2D eigenvalue weighted by atomic mass is 16.5. The SMILES string of the molecule is CC(C)(C)c1cc(C2C3=C(CCCC3=O)Oc3ccccc32)cc(C(C)(C)C)c1O. The Morgan fingerprint density at radius 3 is 2.13 bits per heavy atom. The lowest BCUT2D eigenvalue weighted by molar-refractivity contribution is -0.116. The predicted octanol–water partition coefficient (Wildman–Crippen LogP) is 6.52. The zero-order valence-corrected chi connectivity index (χ0v) is 18.9. The van der Waals surface area contributed by atoms with Crippen molar-refractivity contribution in [1.29, 1.82) is 0 Å². The van der Waals surface area contributed by atoms with Crippen LogP contribution in [0.3, 0.4) is 0 Å². The van der Waals surface area contributed by atoms with Crippen LogP contribution in [0.15, 0.2) is 47.7 Å². The van der Waals surface area contributed by atoms with Crippen LogP contribution in [-0.4, -0.2) is 10.9 Å². The minimum absolute atomic E-state index is 0.166. The molecule has 0 bridgehead atoms. The fraction of sp³-hybridized carbons (Fsp3) is 0.444. The van der Waals surface area contributed by atoms with E-state index in [0.717, 1.165) is 52.2 Å². The molecule has 0 aromatic heterocycles. The van der Waals surface area contributed by atoms with Crippen molar-refractivity contribution in [2.24, 2.45) is 0 Å². The zero-order valence-electron chi connectivity index (χ0n) is 18.9. The molecule has 30 heavy (non-hydrogen) atoms. The third-order valence-corrected chi connectivity index (χ3v) is 6.24. The summed E-state index contributed by atoms with van der Waals surface area (Å²) >= 11 is 0. The molecule has 3 heteroatoms. The van der Waals surface area contributed by atoms with Crippen LogP contribution in [0.4, 0.5) is 0 Å². The average molecular weight is 405 g/mol. The average Bonchev–Trinajstić information content (AvgIpc) is 2.65. The van der Waals surface area contributed by atoms with Crippen molar-refractivity contribution in [2.75, 3.05) is 0 Å². The third kappa shape index (κ3) is 3.45. The van der Waals surface area contributed by atoms with Gasteiger partial charge in [0.15, 0.2) is 5.78 Å². The number of carbonyl (C=O) groups excluding carboxylic acids is 1. The Hall–Kier alpha value is -2.55. The van der Waals surface area contributed by atoms with E-state index in [1.54, 1.807) is 0 Å². The van der Waals surface area contributed by atoms with Crippen molar-refractivity contribution in [2.45, 2.75) is 77.6 Å². The quantitative estimate of drug-likeness (QED) is 0.589. The van der Waals surface area contributed by atoms with E-state index in [9.17, 15) is 9.90 Å². The monoisotopic (exact) mass is 404 g/mol. The summed E-state index contributed by atoms with van der Waals surface area (Å²) in [6, 6.07) is 12.2. The number of hydrogen-bond acceptors (Lipinski definition) is 3. The van der Waals surface area contributed by atoms with Gasteiger partial charge >= 0.3 is 0 Å². The van der Waals surface area contributed by atoms with Gasteiger partial charge in [-0.2, -0.15) is 0 Å². The first-order valence-electron chi connectivity index (χ1n) is 10.9.